The molecule has 1 aliphatic heterocycles. The normalized spacial score (nSPS) is 24.5. The number of amides is 1. The van der Waals surface area contributed by atoms with Crippen molar-refractivity contribution in [2.75, 3.05) is 11.5 Å². The number of rotatable bonds is 4. The lowest BCUT2D eigenvalue weighted by Crippen LogP contribution is -2.46. The summed E-state index contributed by atoms with van der Waals surface area (Å²) in [6.45, 7) is 6.20. The van der Waals surface area contributed by atoms with Crippen LogP contribution in [0.15, 0.2) is 24.3 Å². The molecule has 4 nitrogen and oxygen atoms in total. The predicted octanol–water partition coefficient (Wildman–Crippen LogP) is 2.65. The third-order valence-electron chi connectivity index (χ3n) is 5.68. The van der Waals surface area contributed by atoms with Crippen LogP contribution in [0.2, 0.25) is 0 Å². The molecule has 0 radical (unpaired) electrons. The molecule has 5 heteroatoms. The zero-order valence-electron chi connectivity index (χ0n) is 14.8. The van der Waals surface area contributed by atoms with Gasteiger partial charge in [-0.15, -0.1) is 0 Å². The maximum Gasteiger partial charge on any atom is 0.224 e. The number of benzene rings is 1. The van der Waals surface area contributed by atoms with Gasteiger partial charge in [0.15, 0.2) is 0 Å². The standard InChI is InChI=1S/C19H27NO3S/c1-14-6-4-5-7-15(14)12-18(2,3)20-17(21)16-13-19(16)8-10-24(22,23)11-9-19/h4-7,16H,8-13H2,1-3H3,(H,20,21). The average Bonchev–Trinajstić information content (AvgIpc) is 3.19. The Bertz CT molecular complexity index is 738. The van der Waals surface area contributed by atoms with Crippen LogP contribution in [-0.4, -0.2) is 31.4 Å². The van der Waals surface area contributed by atoms with Crippen molar-refractivity contribution in [2.45, 2.75) is 52.0 Å². The molecule has 1 aliphatic carbocycles. The summed E-state index contributed by atoms with van der Waals surface area (Å²) in [6.07, 6.45) is 2.92. The first kappa shape index (κ1) is 17.5. The fraction of sp³-hybridized carbons (Fsp3) is 0.632. The van der Waals surface area contributed by atoms with Crippen molar-refractivity contribution in [1.29, 1.82) is 0 Å². The van der Waals surface area contributed by atoms with E-state index in [0.717, 1.165) is 12.8 Å². The van der Waals surface area contributed by atoms with Crippen molar-refractivity contribution in [3.63, 3.8) is 0 Å². The molecule has 1 unspecified atom stereocenters. The second-order valence-corrected chi connectivity index (χ2v) is 10.6. The molecule has 1 heterocycles. The quantitative estimate of drug-likeness (QED) is 0.909. The van der Waals surface area contributed by atoms with Gasteiger partial charge in [-0.3, -0.25) is 4.79 Å². The fourth-order valence-corrected chi connectivity index (χ4v) is 5.60. The van der Waals surface area contributed by atoms with Gasteiger partial charge in [-0.05, 0) is 63.0 Å². The van der Waals surface area contributed by atoms with E-state index in [9.17, 15) is 13.2 Å². The monoisotopic (exact) mass is 349 g/mol. The molecule has 1 spiro atoms. The molecular formula is C19H27NO3S. The average molecular weight is 349 g/mol. The lowest BCUT2D eigenvalue weighted by Gasteiger charge is -2.29. The number of carbonyl (C=O) groups is 1. The number of nitrogens with one attached hydrogen (secondary N) is 1. The Balaban J connectivity index is 1.60. The van der Waals surface area contributed by atoms with E-state index < -0.39 is 9.84 Å². The Morgan fingerprint density at radius 1 is 1.25 bits per heavy atom. The van der Waals surface area contributed by atoms with Crippen molar-refractivity contribution in [3.05, 3.63) is 35.4 Å². The largest absolute Gasteiger partial charge is 0.351 e. The van der Waals surface area contributed by atoms with Crippen molar-refractivity contribution >= 4 is 15.7 Å². The van der Waals surface area contributed by atoms with E-state index in [-0.39, 0.29) is 34.3 Å². The summed E-state index contributed by atoms with van der Waals surface area (Å²) >= 11 is 0. The van der Waals surface area contributed by atoms with Crippen molar-refractivity contribution in [2.24, 2.45) is 11.3 Å². The molecule has 1 saturated carbocycles. The summed E-state index contributed by atoms with van der Waals surface area (Å²) in [6, 6.07) is 8.24. The molecule has 3 rings (SSSR count). The fourth-order valence-electron chi connectivity index (χ4n) is 3.96. The minimum absolute atomic E-state index is 0.0101. The summed E-state index contributed by atoms with van der Waals surface area (Å²) in [5.74, 6) is 0.560. The lowest BCUT2D eigenvalue weighted by molar-refractivity contribution is -0.124. The molecule has 1 aromatic carbocycles. The number of aryl methyl sites for hydroxylation is 1. The molecule has 24 heavy (non-hydrogen) atoms. The Hall–Kier alpha value is -1.36. The van der Waals surface area contributed by atoms with E-state index in [1.165, 1.54) is 11.1 Å². The molecule has 0 bridgehead atoms. The van der Waals surface area contributed by atoms with Gasteiger partial charge in [0.25, 0.3) is 0 Å². The minimum Gasteiger partial charge on any atom is -0.351 e. The first-order chi connectivity index (χ1) is 11.1. The summed E-state index contributed by atoms with van der Waals surface area (Å²) in [5.41, 5.74) is 2.12. The number of sulfone groups is 1. The highest BCUT2D eigenvalue weighted by atomic mass is 32.2. The van der Waals surface area contributed by atoms with Crippen molar-refractivity contribution in [1.82, 2.24) is 5.32 Å². The molecule has 0 aromatic heterocycles. The van der Waals surface area contributed by atoms with E-state index in [1.807, 2.05) is 12.1 Å². The summed E-state index contributed by atoms with van der Waals surface area (Å²) < 4.78 is 23.2. The van der Waals surface area contributed by atoms with Crippen LogP contribution in [0.3, 0.4) is 0 Å². The number of carbonyl (C=O) groups excluding carboxylic acids is 1. The molecule has 1 saturated heterocycles. The molecule has 1 N–H and O–H groups in total. The van der Waals surface area contributed by atoms with Crippen LogP contribution in [0.4, 0.5) is 0 Å². The third-order valence-corrected chi connectivity index (χ3v) is 7.34. The highest BCUT2D eigenvalue weighted by Gasteiger charge is 2.59. The van der Waals surface area contributed by atoms with E-state index >= 15 is 0 Å². The Morgan fingerprint density at radius 3 is 2.50 bits per heavy atom. The van der Waals surface area contributed by atoms with Crippen LogP contribution in [0.5, 0.6) is 0 Å². The molecule has 2 aliphatic rings. The van der Waals surface area contributed by atoms with Crippen LogP contribution in [0.1, 0.15) is 44.2 Å². The highest BCUT2D eigenvalue weighted by Crippen LogP contribution is 2.59. The van der Waals surface area contributed by atoms with Gasteiger partial charge < -0.3 is 5.32 Å². The van der Waals surface area contributed by atoms with E-state index in [0.29, 0.717) is 12.8 Å². The summed E-state index contributed by atoms with van der Waals surface area (Å²) in [7, 11) is -2.88. The van der Waals surface area contributed by atoms with Gasteiger partial charge in [0.2, 0.25) is 5.91 Å². The zero-order chi connectivity index (χ0) is 17.6. The summed E-state index contributed by atoms with van der Waals surface area (Å²) in [4.78, 5) is 12.7. The van der Waals surface area contributed by atoms with Gasteiger partial charge in [0, 0.05) is 11.5 Å². The first-order valence-electron chi connectivity index (χ1n) is 8.70. The molecule has 1 amide bonds. The van der Waals surface area contributed by atoms with Crippen LogP contribution in [-0.2, 0) is 21.1 Å². The molecule has 1 atom stereocenters. The van der Waals surface area contributed by atoms with E-state index in [1.54, 1.807) is 0 Å². The molecule has 1 aromatic rings. The minimum atomic E-state index is -2.88. The van der Waals surface area contributed by atoms with Gasteiger partial charge in [0.1, 0.15) is 9.84 Å². The highest BCUT2D eigenvalue weighted by molar-refractivity contribution is 7.91. The van der Waals surface area contributed by atoms with Gasteiger partial charge in [-0.1, -0.05) is 24.3 Å². The van der Waals surface area contributed by atoms with Crippen molar-refractivity contribution in [3.8, 4) is 0 Å². The van der Waals surface area contributed by atoms with E-state index in [2.05, 4.69) is 38.2 Å². The van der Waals surface area contributed by atoms with Gasteiger partial charge >= 0.3 is 0 Å². The summed E-state index contributed by atoms with van der Waals surface area (Å²) in [5, 5.41) is 3.20. The van der Waals surface area contributed by atoms with Gasteiger partial charge in [-0.25, -0.2) is 8.42 Å². The zero-order valence-corrected chi connectivity index (χ0v) is 15.6. The van der Waals surface area contributed by atoms with Crippen LogP contribution >= 0.6 is 0 Å². The smallest absolute Gasteiger partial charge is 0.224 e. The lowest BCUT2D eigenvalue weighted by atomic mass is 9.91. The maximum atomic E-state index is 12.7. The maximum absolute atomic E-state index is 12.7. The second kappa shape index (κ2) is 5.87. The molecular weight excluding hydrogens is 322 g/mol. The Morgan fingerprint density at radius 2 is 1.88 bits per heavy atom. The van der Waals surface area contributed by atoms with Crippen LogP contribution < -0.4 is 5.32 Å². The topological polar surface area (TPSA) is 63.2 Å². The first-order valence-corrected chi connectivity index (χ1v) is 10.5. The van der Waals surface area contributed by atoms with E-state index in [4.69, 9.17) is 0 Å². The Labute approximate surface area is 145 Å². The second-order valence-electron chi connectivity index (χ2n) is 8.25. The molecule has 132 valence electrons. The molecule has 2 fully saturated rings. The van der Waals surface area contributed by atoms with Gasteiger partial charge in [-0.2, -0.15) is 0 Å². The number of hydrogen-bond donors (Lipinski definition) is 1. The SMILES string of the molecule is Cc1ccccc1CC(C)(C)NC(=O)C1CC12CCS(=O)(=O)CC2. The van der Waals surface area contributed by atoms with Crippen molar-refractivity contribution < 1.29 is 13.2 Å². The number of hydrogen-bond acceptors (Lipinski definition) is 3. The predicted molar refractivity (Wildman–Crippen MR) is 95.5 cm³/mol. The van der Waals surface area contributed by atoms with Crippen LogP contribution in [0, 0.1) is 18.3 Å². The van der Waals surface area contributed by atoms with Gasteiger partial charge in [0.05, 0.1) is 11.5 Å². The van der Waals surface area contributed by atoms with Crippen LogP contribution in [0.25, 0.3) is 0 Å². The third kappa shape index (κ3) is 3.66. The Kier molecular flexibility index (Phi) is 4.27.